The third kappa shape index (κ3) is 10.3. The van der Waals surface area contributed by atoms with E-state index < -0.39 is 53.9 Å². The van der Waals surface area contributed by atoms with Crippen LogP contribution in [-0.4, -0.2) is 76.1 Å². The number of hydrogen-bond donors (Lipinski definition) is 6. The van der Waals surface area contributed by atoms with Gasteiger partial charge in [-0.05, 0) is 51.8 Å². The number of amides is 4. The number of para-hydroxylation sites is 1. The first kappa shape index (κ1) is 33.9. The van der Waals surface area contributed by atoms with Gasteiger partial charge in [0.15, 0.2) is 0 Å². The number of nitrogens with one attached hydrogen (secondary N) is 5. The fourth-order valence-corrected chi connectivity index (χ4v) is 4.32. The van der Waals surface area contributed by atoms with Crippen molar-refractivity contribution in [2.75, 3.05) is 7.05 Å². The largest absolute Gasteiger partial charge is 0.480 e. The molecule has 4 atom stereocenters. The number of carbonyl (C=O) groups is 4. The quantitative estimate of drug-likeness (QED) is 0.126. The second-order valence-electron chi connectivity index (χ2n) is 11.5. The Labute approximate surface area is 256 Å². The van der Waals surface area contributed by atoms with Gasteiger partial charge in [-0.3, -0.25) is 9.63 Å². The molecule has 13 nitrogen and oxygen atoms in total. The van der Waals surface area contributed by atoms with Crippen LogP contribution in [0, 0.1) is 0 Å². The van der Waals surface area contributed by atoms with Gasteiger partial charge in [-0.25, -0.2) is 14.4 Å². The molecule has 6 N–H and O–H groups in total. The monoisotopic (exact) mass is 610 g/mol. The number of urea groups is 1. The lowest BCUT2D eigenvalue weighted by molar-refractivity contribution is -0.186. The van der Waals surface area contributed by atoms with E-state index in [9.17, 15) is 24.3 Å². The molecular weight excluding hydrogens is 568 g/mol. The Hall–Kier alpha value is -4.62. The second kappa shape index (κ2) is 15.2. The highest BCUT2D eigenvalue weighted by Crippen LogP contribution is 2.19. The Morgan fingerprint density at radius 3 is 2.25 bits per heavy atom. The van der Waals surface area contributed by atoms with Gasteiger partial charge in [0.2, 0.25) is 5.91 Å². The smallest absolute Gasteiger partial charge is 0.409 e. The summed E-state index contributed by atoms with van der Waals surface area (Å²) in [6.45, 7) is 8.41. The fourth-order valence-electron chi connectivity index (χ4n) is 4.32. The lowest BCUT2D eigenvalue weighted by atomic mass is 10.1. The van der Waals surface area contributed by atoms with Crippen molar-refractivity contribution in [1.82, 2.24) is 31.3 Å². The van der Waals surface area contributed by atoms with Crippen molar-refractivity contribution < 1.29 is 33.9 Å². The molecule has 0 unspecified atom stereocenters. The maximum absolute atomic E-state index is 13.0. The van der Waals surface area contributed by atoms with Crippen LogP contribution in [0.3, 0.4) is 0 Å². The van der Waals surface area contributed by atoms with E-state index in [0.29, 0.717) is 0 Å². The molecule has 0 saturated heterocycles. The van der Waals surface area contributed by atoms with Crippen LogP contribution < -0.4 is 21.3 Å². The number of hydroxylamine groups is 2. The number of aromatic amines is 1. The van der Waals surface area contributed by atoms with Crippen LogP contribution in [0.25, 0.3) is 10.9 Å². The summed E-state index contributed by atoms with van der Waals surface area (Å²) < 4.78 is 5.36. The molecule has 4 amide bonds. The number of aliphatic carboxylic acids is 1. The van der Waals surface area contributed by atoms with Crippen molar-refractivity contribution in [3.63, 3.8) is 0 Å². The van der Waals surface area contributed by atoms with E-state index in [1.807, 2.05) is 54.6 Å². The summed E-state index contributed by atoms with van der Waals surface area (Å²) in [5.41, 5.74) is 1.87. The lowest BCUT2D eigenvalue weighted by Gasteiger charge is -2.30. The fraction of sp³-hybridized carbons (Fsp3) is 0.419. The van der Waals surface area contributed by atoms with Crippen LogP contribution >= 0.6 is 0 Å². The van der Waals surface area contributed by atoms with Gasteiger partial charge in [-0.15, -0.1) is 0 Å². The van der Waals surface area contributed by atoms with Gasteiger partial charge in [0.05, 0.1) is 12.6 Å². The topological polar surface area (TPSA) is 174 Å². The standard InChI is InChI=1S/C31H42N6O7/c1-19(27(38)36-26(28(39)40)20(2)37(6)43-18-21-12-8-7-9-13-21)33-29(41)34-25(35-30(42)44-31(3,4)5)16-22-17-32-24-15-11-10-14-23(22)24/h7-15,17,19-20,25-26,32H,16,18H2,1-6H3,(H,35,42)(H,36,38)(H,39,40)(H2,33,34,41)/t19-,20-,25-,26-/m0/s1. The lowest BCUT2D eigenvalue weighted by Crippen LogP contribution is -2.59. The van der Waals surface area contributed by atoms with Crippen LogP contribution in [0.15, 0.2) is 60.8 Å². The number of likely N-dealkylation sites (N-methyl/N-ethyl adjacent to an activating group) is 1. The van der Waals surface area contributed by atoms with Crippen molar-refractivity contribution in [2.24, 2.45) is 0 Å². The van der Waals surface area contributed by atoms with Crippen LogP contribution in [0.2, 0.25) is 0 Å². The number of fused-ring (bicyclic) bond motifs is 1. The van der Waals surface area contributed by atoms with E-state index in [1.165, 1.54) is 12.0 Å². The average Bonchev–Trinajstić information content (AvgIpc) is 3.35. The molecule has 0 aliphatic rings. The zero-order chi connectivity index (χ0) is 32.4. The number of nitrogens with zero attached hydrogens (tertiary/aromatic N) is 1. The molecule has 1 aromatic heterocycles. The van der Waals surface area contributed by atoms with Crippen molar-refractivity contribution in [3.8, 4) is 0 Å². The number of H-pyrrole nitrogens is 1. The van der Waals surface area contributed by atoms with E-state index in [4.69, 9.17) is 9.57 Å². The first-order valence-corrected chi connectivity index (χ1v) is 14.3. The zero-order valence-electron chi connectivity index (χ0n) is 25.8. The van der Waals surface area contributed by atoms with Gasteiger partial charge in [0.1, 0.15) is 23.9 Å². The van der Waals surface area contributed by atoms with Gasteiger partial charge in [-0.2, -0.15) is 5.06 Å². The number of alkyl carbamates (subject to hydrolysis) is 1. The number of carbonyl (C=O) groups excluding carboxylic acids is 3. The van der Waals surface area contributed by atoms with E-state index in [1.54, 1.807) is 40.9 Å². The summed E-state index contributed by atoms with van der Waals surface area (Å²) in [7, 11) is 1.58. The summed E-state index contributed by atoms with van der Waals surface area (Å²) in [6.07, 6.45) is 0.370. The van der Waals surface area contributed by atoms with Crippen LogP contribution in [0.5, 0.6) is 0 Å². The van der Waals surface area contributed by atoms with Gasteiger partial charge in [0, 0.05) is 30.6 Å². The Morgan fingerprint density at radius 1 is 0.932 bits per heavy atom. The molecular formula is C31H42N6O7. The third-order valence-electron chi connectivity index (χ3n) is 6.73. The zero-order valence-corrected chi connectivity index (χ0v) is 25.8. The highest BCUT2D eigenvalue weighted by atomic mass is 16.7. The van der Waals surface area contributed by atoms with Crippen molar-refractivity contribution in [3.05, 3.63) is 71.9 Å². The Bertz CT molecular complexity index is 1420. The van der Waals surface area contributed by atoms with E-state index in [-0.39, 0.29) is 13.0 Å². The molecule has 0 spiro atoms. The normalized spacial score (nSPS) is 14.2. The minimum Gasteiger partial charge on any atom is -0.480 e. The number of aromatic nitrogens is 1. The maximum Gasteiger partial charge on any atom is 0.409 e. The summed E-state index contributed by atoms with van der Waals surface area (Å²) in [4.78, 5) is 59.4. The van der Waals surface area contributed by atoms with E-state index in [2.05, 4.69) is 26.3 Å². The highest BCUT2D eigenvalue weighted by molar-refractivity contribution is 5.90. The molecule has 0 radical (unpaired) electrons. The number of carboxylic acid groups (broad SMARTS) is 1. The van der Waals surface area contributed by atoms with Crippen molar-refractivity contribution >= 4 is 34.9 Å². The molecule has 13 heteroatoms. The predicted octanol–water partition coefficient (Wildman–Crippen LogP) is 3.27. The van der Waals surface area contributed by atoms with E-state index >= 15 is 0 Å². The molecule has 3 aromatic rings. The van der Waals surface area contributed by atoms with Gasteiger partial charge < -0.3 is 36.1 Å². The van der Waals surface area contributed by atoms with E-state index in [0.717, 1.165) is 22.0 Å². The summed E-state index contributed by atoms with van der Waals surface area (Å²) in [5.74, 6) is -1.98. The Morgan fingerprint density at radius 2 is 1.59 bits per heavy atom. The van der Waals surface area contributed by atoms with Crippen LogP contribution in [-0.2, 0) is 32.2 Å². The van der Waals surface area contributed by atoms with Crippen molar-refractivity contribution in [1.29, 1.82) is 0 Å². The van der Waals surface area contributed by atoms with Crippen molar-refractivity contribution in [2.45, 2.75) is 77.5 Å². The second-order valence-corrected chi connectivity index (χ2v) is 11.5. The summed E-state index contributed by atoms with van der Waals surface area (Å²) in [6, 6.07) is 13.0. The number of carboxylic acids is 1. The molecule has 0 aliphatic carbocycles. The number of benzene rings is 2. The highest BCUT2D eigenvalue weighted by Gasteiger charge is 2.32. The average molecular weight is 611 g/mol. The third-order valence-corrected chi connectivity index (χ3v) is 6.73. The molecule has 0 saturated carbocycles. The molecule has 0 fully saturated rings. The number of ether oxygens (including phenoxy) is 1. The van der Waals surface area contributed by atoms with Gasteiger partial charge in [-0.1, -0.05) is 48.5 Å². The molecule has 44 heavy (non-hydrogen) atoms. The SMILES string of the molecule is C[C@H](NC(=O)N[C@H](Cc1c[nH]c2ccccc12)NC(=O)OC(C)(C)C)C(=O)N[C@H](C(=O)O)[C@H](C)N(C)OCc1ccccc1. The molecule has 1 heterocycles. The molecule has 2 aromatic carbocycles. The molecule has 0 aliphatic heterocycles. The first-order chi connectivity index (χ1) is 20.7. The number of hydrogen-bond acceptors (Lipinski definition) is 7. The predicted molar refractivity (Wildman–Crippen MR) is 164 cm³/mol. The Kier molecular flexibility index (Phi) is 11.7. The summed E-state index contributed by atoms with van der Waals surface area (Å²) in [5, 5.41) is 22.4. The number of rotatable bonds is 13. The minimum absolute atomic E-state index is 0.213. The molecule has 0 bridgehead atoms. The van der Waals surface area contributed by atoms with Gasteiger partial charge in [0.25, 0.3) is 0 Å². The minimum atomic E-state index is -1.33. The van der Waals surface area contributed by atoms with Gasteiger partial charge >= 0.3 is 18.1 Å². The first-order valence-electron chi connectivity index (χ1n) is 14.3. The maximum atomic E-state index is 13.0. The van der Waals surface area contributed by atoms with Crippen LogP contribution in [0.4, 0.5) is 9.59 Å². The summed E-state index contributed by atoms with van der Waals surface area (Å²) >= 11 is 0. The molecule has 3 rings (SSSR count). The molecule has 238 valence electrons. The Balaban J connectivity index is 1.61. The van der Waals surface area contributed by atoms with Crippen LogP contribution in [0.1, 0.15) is 45.7 Å².